The summed E-state index contributed by atoms with van der Waals surface area (Å²) in [6, 6.07) is 7.83. The van der Waals surface area contributed by atoms with E-state index in [1.165, 1.54) is 6.07 Å². The maximum absolute atomic E-state index is 10.7. The Balaban J connectivity index is 2.40. The number of hydrogen-bond acceptors (Lipinski definition) is 5. The van der Waals surface area contributed by atoms with E-state index in [2.05, 4.69) is 5.32 Å². The molecule has 1 aromatic carbocycles. The highest BCUT2D eigenvalue weighted by Gasteiger charge is 2.22. The summed E-state index contributed by atoms with van der Waals surface area (Å²) in [6.07, 6.45) is 0. The molecule has 1 atom stereocenters. The fourth-order valence-corrected chi connectivity index (χ4v) is 2.31. The van der Waals surface area contributed by atoms with Crippen molar-refractivity contribution in [1.29, 1.82) is 0 Å². The van der Waals surface area contributed by atoms with Gasteiger partial charge in [0.15, 0.2) is 0 Å². The number of benzene rings is 1. The average Bonchev–Trinajstić information content (AvgIpc) is 2.95. The molecule has 1 unspecified atom stereocenters. The molecule has 0 radical (unpaired) electrons. The van der Waals surface area contributed by atoms with E-state index in [0.29, 0.717) is 23.1 Å². The van der Waals surface area contributed by atoms with Gasteiger partial charge in [0.05, 0.1) is 19.2 Å². The third kappa shape index (κ3) is 3.34. The van der Waals surface area contributed by atoms with Crippen LogP contribution in [-0.4, -0.2) is 18.6 Å². The number of hydrogen-bond donors (Lipinski definition) is 1. The van der Waals surface area contributed by atoms with Crippen LogP contribution in [0.1, 0.15) is 24.3 Å². The van der Waals surface area contributed by atoms with Crippen molar-refractivity contribution in [3.8, 4) is 5.75 Å². The minimum atomic E-state index is -0.567. The fraction of sp³-hybridized carbons (Fsp3) is 0.286. The molecule has 0 amide bonds. The second kappa shape index (κ2) is 6.60. The van der Waals surface area contributed by atoms with Gasteiger partial charge in [0.2, 0.25) is 0 Å². The Hall–Kier alpha value is -2.05. The molecule has 0 saturated carbocycles. The van der Waals surface area contributed by atoms with Crippen molar-refractivity contribution in [2.75, 3.05) is 13.7 Å². The van der Waals surface area contributed by atoms with Crippen LogP contribution < -0.4 is 10.1 Å². The highest BCUT2D eigenvalue weighted by atomic mass is 35.5. The molecule has 2 rings (SSSR count). The lowest BCUT2D eigenvalue weighted by atomic mass is 10.0. The first kappa shape index (κ1) is 15.3. The third-order valence-electron chi connectivity index (χ3n) is 3.00. The maximum atomic E-state index is 10.7. The first-order valence-electron chi connectivity index (χ1n) is 6.37. The number of rotatable bonds is 6. The number of ether oxygens (including phenoxy) is 1. The predicted molar refractivity (Wildman–Crippen MR) is 78.9 cm³/mol. The summed E-state index contributed by atoms with van der Waals surface area (Å²) in [5.74, 6) is 0.789. The minimum absolute atomic E-state index is 0.294. The van der Waals surface area contributed by atoms with Crippen LogP contribution in [0.15, 0.2) is 34.7 Å². The molecule has 0 aliphatic rings. The zero-order chi connectivity index (χ0) is 15.4. The topological polar surface area (TPSA) is 77.5 Å². The number of furan rings is 1. The van der Waals surface area contributed by atoms with Crippen molar-refractivity contribution >= 4 is 17.5 Å². The van der Waals surface area contributed by atoms with E-state index in [0.717, 1.165) is 5.56 Å². The number of methoxy groups -OCH3 is 1. The van der Waals surface area contributed by atoms with Gasteiger partial charge in [-0.15, -0.1) is 0 Å². The Morgan fingerprint density at radius 2 is 2.19 bits per heavy atom. The second-order valence-electron chi connectivity index (χ2n) is 4.31. The molecule has 0 aliphatic carbocycles. The summed E-state index contributed by atoms with van der Waals surface area (Å²) >= 11 is 6.26. The zero-order valence-corrected chi connectivity index (χ0v) is 12.4. The summed E-state index contributed by atoms with van der Waals surface area (Å²) in [7, 11) is 1.56. The van der Waals surface area contributed by atoms with Crippen LogP contribution in [0.25, 0.3) is 0 Å². The molecular formula is C14H15ClN2O4. The Labute approximate surface area is 126 Å². The van der Waals surface area contributed by atoms with E-state index in [-0.39, 0.29) is 11.9 Å². The normalized spacial score (nSPS) is 12.1. The van der Waals surface area contributed by atoms with E-state index in [9.17, 15) is 10.1 Å². The van der Waals surface area contributed by atoms with E-state index >= 15 is 0 Å². The molecule has 2 aromatic rings. The molecule has 0 spiro atoms. The van der Waals surface area contributed by atoms with Crippen LogP contribution in [0.5, 0.6) is 5.75 Å². The smallest absolute Gasteiger partial charge is 0.433 e. The highest BCUT2D eigenvalue weighted by molar-refractivity contribution is 6.31. The number of nitrogens with one attached hydrogen (secondary N) is 1. The SMILES string of the molecule is CCNC(c1ccc([N+](=O)[O-])o1)c1ccc(OC)cc1Cl. The van der Waals surface area contributed by atoms with Crippen LogP contribution >= 0.6 is 11.6 Å². The second-order valence-corrected chi connectivity index (χ2v) is 4.72. The summed E-state index contributed by atoms with van der Waals surface area (Å²) in [4.78, 5) is 10.2. The van der Waals surface area contributed by atoms with Crippen molar-refractivity contribution in [2.24, 2.45) is 0 Å². The standard InChI is InChI=1S/C14H15ClN2O4/c1-3-16-14(12-6-7-13(21-12)17(18)19)10-5-4-9(20-2)8-11(10)15/h4-8,14,16H,3H2,1-2H3. The van der Waals surface area contributed by atoms with Crippen LogP contribution in [0.3, 0.4) is 0 Å². The van der Waals surface area contributed by atoms with Crippen LogP contribution in [0.4, 0.5) is 5.88 Å². The zero-order valence-electron chi connectivity index (χ0n) is 11.6. The molecule has 112 valence electrons. The van der Waals surface area contributed by atoms with Gasteiger partial charge in [0.25, 0.3) is 0 Å². The van der Waals surface area contributed by atoms with Gasteiger partial charge in [0, 0.05) is 5.02 Å². The summed E-state index contributed by atoms with van der Waals surface area (Å²) in [6.45, 7) is 2.59. The van der Waals surface area contributed by atoms with E-state index in [1.54, 1.807) is 25.3 Å². The molecule has 0 saturated heterocycles. The molecule has 1 N–H and O–H groups in total. The summed E-state index contributed by atoms with van der Waals surface area (Å²) in [5.41, 5.74) is 0.767. The quantitative estimate of drug-likeness (QED) is 0.652. The minimum Gasteiger partial charge on any atom is -0.497 e. The van der Waals surface area contributed by atoms with Gasteiger partial charge in [-0.2, -0.15) is 0 Å². The third-order valence-corrected chi connectivity index (χ3v) is 3.33. The van der Waals surface area contributed by atoms with Gasteiger partial charge in [-0.3, -0.25) is 10.1 Å². The van der Waals surface area contributed by atoms with Gasteiger partial charge in [0.1, 0.15) is 16.4 Å². The number of halogens is 1. The molecule has 7 heteroatoms. The first-order chi connectivity index (χ1) is 10.1. The van der Waals surface area contributed by atoms with E-state index in [4.69, 9.17) is 20.8 Å². The average molecular weight is 311 g/mol. The molecule has 0 aliphatic heterocycles. The fourth-order valence-electron chi connectivity index (χ4n) is 2.03. The lowest BCUT2D eigenvalue weighted by molar-refractivity contribution is -0.402. The Morgan fingerprint density at radius 3 is 2.71 bits per heavy atom. The summed E-state index contributed by atoms with van der Waals surface area (Å²) in [5, 5.41) is 14.4. The molecule has 1 aromatic heterocycles. The van der Waals surface area contributed by atoms with Crippen molar-refractivity contribution in [1.82, 2.24) is 5.32 Å². The van der Waals surface area contributed by atoms with Crippen LogP contribution in [-0.2, 0) is 0 Å². The molecule has 6 nitrogen and oxygen atoms in total. The van der Waals surface area contributed by atoms with E-state index < -0.39 is 4.92 Å². The van der Waals surface area contributed by atoms with Gasteiger partial charge < -0.3 is 14.5 Å². The largest absolute Gasteiger partial charge is 0.497 e. The predicted octanol–water partition coefficient (Wildman–Crippen LogP) is 3.55. The van der Waals surface area contributed by atoms with Gasteiger partial charge >= 0.3 is 5.88 Å². The van der Waals surface area contributed by atoms with E-state index in [1.807, 2.05) is 13.0 Å². The van der Waals surface area contributed by atoms with Gasteiger partial charge in [-0.05, 0) is 30.3 Å². The Kier molecular flexibility index (Phi) is 4.82. The summed E-state index contributed by atoms with van der Waals surface area (Å²) < 4.78 is 10.4. The molecule has 0 bridgehead atoms. The highest BCUT2D eigenvalue weighted by Crippen LogP contribution is 2.33. The van der Waals surface area contributed by atoms with Crippen molar-refractivity contribution in [3.63, 3.8) is 0 Å². The lowest BCUT2D eigenvalue weighted by Crippen LogP contribution is -2.21. The monoisotopic (exact) mass is 310 g/mol. The Bertz CT molecular complexity index is 642. The number of nitrogens with zero attached hydrogens (tertiary/aromatic N) is 1. The van der Waals surface area contributed by atoms with Crippen molar-refractivity contribution in [2.45, 2.75) is 13.0 Å². The molecule has 21 heavy (non-hydrogen) atoms. The van der Waals surface area contributed by atoms with Crippen molar-refractivity contribution < 1.29 is 14.1 Å². The molecule has 0 fully saturated rings. The maximum Gasteiger partial charge on any atom is 0.433 e. The van der Waals surface area contributed by atoms with Gasteiger partial charge in [-0.1, -0.05) is 24.6 Å². The molecular weight excluding hydrogens is 296 g/mol. The van der Waals surface area contributed by atoms with Crippen LogP contribution in [0, 0.1) is 10.1 Å². The van der Waals surface area contributed by atoms with Gasteiger partial charge in [-0.25, -0.2) is 0 Å². The first-order valence-corrected chi connectivity index (χ1v) is 6.75. The van der Waals surface area contributed by atoms with Crippen molar-refractivity contribution in [3.05, 3.63) is 56.8 Å². The lowest BCUT2D eigenvalue weighted by Gasteiger charge is -2.17. The number of nitro groups is 1. The van der Waals surface area contributed by atoms with Crippen LogP contribution in [0.2, 0.25) is 5.02 Å². The Morgan fingerprint density at radius 1 is 1.43 bits per heavy atom. The molecule has 1 heterocycles.